The number of benzene rings is 2. The van der Waals surface area contributed by atoms with Gasteiger partial charge in [0, 0.05) is 14.5 Å². The first kappa shape index (κ1) is 15.6. The quantitative estimate of drug-likeness (QED) is 0.807. The van der Waals surface area contributed by atoms with Crippen LogP contribution < -0.4 is 4.72 Å². The first-order chi connectivity index (χ1) is 9.28. The Morgan fingerprint density at radius 1 is 1.05 bits per heavy atom. The zero-order chi connectivity index (χ0) is 14.9. The van der Waals surface area contributed by atoms with Crippen LogP contribution >= 0.6 is 39.1 Å². The van der Waals surface area contributed by atoms with Crippen molar-refractivity contribution in [3.8, 4) is 0 Å². The molecular weight excluding hydrogens is 385 g/mol. The summed E-state index contributed by atoms with van der Waals surface area (Å²) in [5.74, 6) is 0. The van der Waals surface area contributed by atoms with Crippen LogP contribution in [0.3, 0.4) is 0 Å². The number of hydrogen-bond donors (Lipinski definition) is 1. The van der Waals surface area contributed by atoms with Gasteiger partial charge < -0.3 is 0 Å². The molecule has 0 unspecified atom stereocenters. The van der Waals surface area contributed by atoms with E-state index in [1.165, 1.54) is 18.2 Å². The van der Waals surface area contributed by atoms with Crippen molar-refractivity contribution in [3.05, 3.63) is 56.5 Å². The molecule has 0 heterocycles. The molecule has 0 spiro atoms. The molecule has 2 rings (SSSR count). The van der Waals surface area contributed by atoms with Crippen LogP contribution in [-0.4, -0.2) is 8.42 Å². The average molecular weight is 395 g/mol. The van der Waals surface area contributed by atoms with Crippen molar-refractivity contribution in [1.82, 2.24) is 0 Å². The van der Waals surface area contributed by atoms with Gasteiger partial charge in [-0.25, -0.2) is 8.42 Å². The Labute approximate surface area is 136 Å². The summed E-state index contributed by atoms with van der Waals surface area (Å²) in [5, 5.41) is 0.535. The molecule has 0 saturated heterocycles. The Hall–Kier alpha value is -0.750. The maximum absolute atomic E-state index is 12.3. The second-order valence-electron chi connectivity index (χ2n) is 4.17. The van der Waals surface area contributed by atoms with Gasteiger partial charge >= 0.3 is 0 Å². The predicted octanol–water partition coefficient (Wildman–Crippen LogP) is 4.87. The SMILES string of the molecule is Cc1ccc(Br)cc1NS(=O)(=O)c1cc(Cl)cc(Cl)c1. The summed E-state index contributed by atoms with van der Waals surface area (Å²) in [6.45, 7) is 1.81. The molecule has 0 atom stereocenters. The highest BCUT2D eigenvalue weighted by Gasteiger charge is 2.16. The van der Waals surface area contributed by atoms with E-state index in [4.69, 9.17) is 23.2 Å². The fourth-order valence-corrected chi connectivity index (χ4v) is 3.80. The highest BCUT2D eigenvalue weighted by atomic mass is 79.9. The molecule has 2 aromatic carbocycles. The molecule has 0 fully saturated rings. The molecular formula is C13H10BrCl2NO2S. The molecule has 0 saturated carbocycles. The molecule has 0 aliphatic heterocycles. The topological polar surface area (TPSA) is 46.2 Å². The lowest BCUT2D eigenvalue weighted by Crippen LogP contribution is -2.13. The second kappa shape index (κ2) is 5.93. The third-order valence-corrected chi connectivity index (χ3v) is 4.86. The van der Waals surface area contributed by atoms with Gasteiger partial charge in [0.15, 0.2) is 0 Å². The molecule has 2 aromatic rings. The number of rotatable bonds is 3. The summed E-state index contributed by atoms with van der Waals surface area (Å²) in [7, 11) is -3.74. The van der Waals surface area contributed by atoms with Crippen LogP contribution in [0.15, 0.2) is 45.8 Å². The minimum absolute atomic E-state index is 0.0226. The van der Waals surface area contributed by atoms with E-state index in [1.54, 1.807) is 6.07 Å². The lowest BCUT2D eigenvalue weighted by molar-refractivity contribution is 0.601. The maximum atomic E-state index is 12.3. The van der Waals surface area contributed by atoms with Crippen molar-refractivity contribution < 1.29 is 8.42 Å². The molecule has 1 N–H and O–H groups in total. The molecule has 106 valence electrons. The summed E-state index contributed by atoms with van der Waals surface area (Å²) < 4.78 is 28.0. The summed E-state index contributed by atoms with van der Waals surface area (Å²) in [6, 6.07) is 9.52. The van der Waals surface area contributed by atoms with E-state index >= 15 is 0 Å². The standard InChI is InChI=1S/C13H10BrCl2NO2S/c1-8-2-3-9(14)4-13(8)17-20(18,19)12-6-10(15)5-11(16)7-12/h2-7,17H,1H3. The fourth-order valence-electron chi connectivity index (χ4n) is 1.59. The molecule has 20 heavy (non-hydrogen) atoms. The van der Waals surface area contributed by atoms with Crippen molar-refractivity contribution in [3.63, 3.8) is 0 Å². The van der Waals surface area contributed by atoms with Gasteiger partial charge in [0.1, 0.15) is 0 Å². The summed E-state index contributed by atoms with van der Waals surface area (Å²) in [5.41, 5.74) is 1.31. The largest absolute Gasteiger partial charge is 0.279 e. The van der Waals surface area contributed by atoms with Gasteiger partial charge in [-0.1, -0.05) is 45.2 Å². The first-order valence-corrected chi connectivity index (χ1v) is 8.56. The van der Waals surface area contributed by atoms with Gasteiger partial charge in [-0.05, 0) is 42.8 Å². The molecule has 0 radical (unpaired) electrons. The van der Waals surface area contributed by atoms with Crippen molar-refractivity contribution in [1.29, 1.82) is 0 Å². The molecule has 7 heteroatoms. The Balaban J connectivity index is 2.43. The van der Waals surface area contributed by atoms with Gasteiger partial charge in [-0.3, -0.25) is 4.72 Å². The van der Waals surface area contributed by atoms with E-state index in [0.29, 0.717) is 5.69 Å². The summed E-state index contributed by atoms with van der Waals surface area (Å²) >= 11 is 15.0. The van der Waals surface area contributed by atoms with Gasteiger partial charge in [-0.2, -0.15) is 0 Å². The normalized spacial score (nSPS) is 11.4. The molecule has 0 amide bonds. The third kappa shape index (κ3) is 3.67. The van der Waals surface area contributed by atoms with Gasteiger partial charge in [0.05, 0.1) is 10.6 Å². The predicted molar refractivity (Wildman–Crippen MR) is 86.1 cm³/mol. The highest BCUT2D eigenvalue weighted by molar-refractivity contribution is 9.10. The number of anilines is 1. The fraction of sp³-hybridized carbons (Fsp3) is 0.0769. The van der Waals surface area contributed by atoms with Crippen LogP contribution in [0.2, 0.25) is 10.0 Å². The van der Waals surface area contributed by atoms with Gasteiger partial charge in [0.2, 0.25) is 0 Å². The minimum Gasteiger partial charge on any atom is -0.279 e. The second-order valence-corrected chi connectivity index (χ2v) is 7.64. The molecule has 0 aliphatic rings. The minimum atomic E-state index is -3.74. The van der Waals surface area contributed by atoms with Crippen LogP contribution in [0.4, 0.5) is 5.69 Å². The first-order valence-electron chi connectivity index (χ1n) is 5.53. The smallest absolute Gasteiger partial charge is 0.262 e. The van der Waals surface area contributed by atoms with E-state index in [1.807, 2.05) is 19.1 Å². The highest BCUT2D eigenvalue weighted by Crippen LogP contribution is 2.26. The Bertz CT molecular complexity index is 743. The van der Waals surface area contributed by atoms with Crippen LogP contribution in [0, 0.1) is 6.92 Å². The molecule has 0 bridgehead atoms. The summed E-state index contributed by atoms with van der Waals surface area (Å²) in [6.07, 6.45) is 0. The number of halogens is 3. The van der Waals surface area contributed by atoms with Crippen LogP contribution in [0.1, 0.15) is 5.56 Å². The van der Waals surface area contributed by atoms with Crippen LogP contribution in [0.5, 0.6) is 0 Å². The van der Waals surface area contributed by atoms with Crippen molar-refractivity contribution >= 4 is 54.8 Å². The van der Waals surface area contributed by atoms with E-state index in [9.17, 15) is 8.42 Å². The molecule has 0 aliphatic carbocycles. The number of sulfonamides is 1. The lowest BCUT2D eigenvalue weighted by Gasteiger charge is -2.11. The van der Waals surface area contributed by atoms with Gasteiger partial charge in [-0.15, -0.1) is 0 Å². The zero-order valence-electron chi connectivity index (χ0n) is 10.3. The number of aryl methyl sites for hydroxylation is 1. The van der Waals surface area contributed by atoms with E-state index < -0.39 is 10.0 Å². The maximum Gasteiger partial charge on any atom is 0.262 e. The monoisotopic (exact) mass is 393 g/mol. The summed E-state index contributed by atoms with van der Waals surface area (Å²) in [4.78, 5) is 0.0226. The lowest BCUT2D eigenvalue weighted by atomic mass is 10.2. The Morgan fingerprint density at radius 2 is 1.65 bits per heavy atom. The molecule has 3 nitrogen and oxygen atoms in total. The van der Waals surface area contributed by atoms with Crippen molar-refractivity contribution in [2.24, 2.45) is 0 Å². The zero-order valence-corrected chi connectivity index (χ0v) is 14.2. The number of nitrogens with one attached hydrogen (secondary N) is 1. The van der Waals surface area contributed by atoms with E-state index in [-0.39, 0.29) is 14.9 Å². The third-order valence-electron chi connectivity index (χ3n) is 2.59. The molecule has 0 aromatic heterocycles. The van der Waals surface area contributed by atoms with E-state index in [0.717, 1.165) is 10.0 Å². The van der Waals surface area contributed by atoms with Crippen LogP contribution in [0.25, 0.3) is 0 Å². The average Bonchev–Trinajstić information content (AvgIpc) is 2.32. The van der Waals surface area contributed by atoms with Gasteiger partial charge in [0.25, 0.3) is 10.0 Å². The Morgan fingerprint density at radius 3 is 2.25 bits per heavy atom. The van der Waals surface area contributed by atoms with Crippen molar-refractivity contribution in [2.75, 3.05) is 4.72 Å². The van der Waals surface area contributed by atoms with Crippen molar-refractivity contribution in [2.45, 2.75) is 11.8 Å². The van der Waals surface area contributed by atoms with E-state index in [2.05, 4.69) is 20.7 Å². The Kier molecular flexibility index (Phi) is 4.64. The van der Waals surface area contributed by atoms with Crippen LogP contribution in [-0.2, 0) is 10.0 Å². The number of hydrogen-bond acceptors (Lipinski definition) is 2.